The van der Waals surface area contributed by atoms with Crippen molar-refractivity contribution in [3.8, 4) is 0 Å². The average Bonchev–Trinajstić information content (AvgIpc) is 2.68. The van der Waals surface area contributed by atoms with Crippen LogP contribution in [-0.2, 0) is 0 Å². The zero-order valence-corrected chi connectivity index (χ0v) is 10.9. The van der Waals surface area contributed by atoms with Crippen LogP contribution < -0.4 is 0 Å². The summed E-state index contributed by atoms with van der Waals surface area (Å²) in [5.41, 5.74) is 0.158. The van der Waals surface area contributed by atoms with Crippen molar-refractivity contribution in [3.05, 3.63) is 16.1 Å². The summed E-state index contributed by atoms with van der Waals surface area (Å²) >= 11 is 1.44. The second-order valence-corrected chi connectivity index (χ2v) is 5.38. The van der Waals surface area contributed by atoms with Crippen LogP contribution in [0.15, 0.2) is 5.38 Å². The zero-order chi connectivity index (χ0) is 12.4. The maximum absolute atomic E-state index is 10.8. The molecule has 0 saturated carbocycles. The third kappa shape index (κ3) is 2.83. The normalized spacial score (nSPS) is 23.5. The summed E-state index contributed by atoms with van der Waals surface area (Å²) in [4.78, 5) is 19.6. The van der Waals surface area contributed by atoms with E-state index >= 15 is 0 Å². The van der Waals surface area contributed by atoms with E-state index < -0.39 is 5.97 Å². The molecule has 1 atom stereocenters. The summed E-state index contributed by atoms with van der Waals surface area (Å²) in [5, 5.41) is 11.4. The van der Waals surface area contributed by atoms with Gasteiger partial charge in [0.05, 0.1) is 6.04 Å². The summed E-state index contributed by atoms with van der Waals surface area (Å²) in [6.07, 6.45) is 1.14. The number of carboxylic acid groups (broad SMARTS) is 1. The van der Waals surface area contributed by atoms with Crippen LogP contribution in [0.5, 0.6) is 0 Å². The second-order valence-electron chi connectivity index (χ2n) is 4.49. The maximum Gasteiger partial charge on any atom is 0.355 e. The molecule has 1 fully saturated rings. The molecule has 1 aromatic rings. The Bertz CT molecular complexity index is 407. The van der Waals surface area contributed by atoms with Gasteiger partial charge < -0.3 is 10.0 Å². The van der Waals surface area contributed by atoms with E-state index in [0.29, 0.717) is 0 Å². The average molecular weight is 255 g/mol. The number of carboxylic acids is 1. The van der Waals surface area contributed by atoms with Gasteiger partial charge in [-0.3, -0.25) is 4.90 Å². The fraction of sp³-hybridized carbons (Fsp3) is 0.636. The molecule has 2 rings (SSSR count). The summed E-state index contributed by atoms with van der Waals surface area (Å²) in [5.74, 6) is -0.947. The first-order valence-corrected chi connectivity index (χ1v) is 6.53. The Morgan fingerprint density at radius 1 is 1.53 bits per heavy atom. The maximum atomic E-state index is 10.8. The van der Waals surface area contributed by atoms with Crippen LogP contribution in [0, 0.1) is 0 Å². The predicted octanol–water partition coefficient (Wildman–Crippen LogP) is 1.15. The number of nitrogens with zero attached hydrogens (tertiary/aromatic N) is 3. The second kappa shape index (κ2) is 5.12. The highest BCUT2D eigenvalue weighted by atomic mass is 32.1. The van der Waals surface area contributed by atoms with E-state index in [1.54, 1.807) is 5.38 Å². The zero-order valence-electron chi connectivity index (χ0n) is 10.1. The monoisotopic (exact) mass is 255 g/mol. The summed E-state index contributed by atoms with van der Waals surface area (Å²) in [6.45, 7) is 3.01. The highest BCUT2D eigenvalue weighted by molar-refractivity contribution is 7.09. The molecule has 0 aromatic carbocycles. The highest BCUT2D eigenvalue weighted by Crippen LogP contribution is 2.26. The first kappa shape index (κ1) is 12.5. The van der Waals surface area contributed by atoms with Gasteiger partial charge in [0, 0.05) is 11.9 Å². The summed E-state index contributed by atoms with van der Waals surface area (Å²) in [6, 6.07) is 0.209. The molecular weight excluding hydrogens is 238 g/mol. The van der Waals surface area contributed by atoms with Gasteiger partial charge in [0.25, 0.3) is 0 Å². The van der Waals surface area contributed by atoms with Crippen LogP contribution in [0.3, 0.4) is 0 Å². The molecule has 5 nitrogen and oxygen atoms in total. The Morgan fingerprint density at radius 3 is 2.94 bits per heavy atom. The summed E-state index contributed by atoms with van der Waals surface area (Å²) in [7, 11) is 4.17. The number of aromatic nitrogens is 1. The van der Waals surface area contributed by atoms with Gasteiger partial charge in [-0.2, -0.15) is 0 Å². The standard InChI is InChI=1S/C11H17N3O2S/c1-13-4-3-5-14(2)9(6-13)10-12-8(7-17-10)11(15)16/h7,9H,3-6H2,1-2H3,(H,15,16). The van der Waals surface area contributed by atoms with Gasteiger partial charge in [0.1, 0.15) is 5.01 Å². The van der Waals surface area contributed by atoms with Gasteiger partial charge in [0.2, 0.25) is 0 Å². The Hall–Kier alpha value is -0.980. The summed E-state index contributed by atoms with van der Waals surface area (Å²) < 4.78 is 0. The van der Waals surface area contributed by atoms with Crippen molar-refractivity contribution >= 4 is 17.3 Å². The molecule has 0 spiro atoms. The number of hydrogen-bond donors (Lipinski definition) is 1. The Morgan fingerprint density at radius 2 is 2.29 bits per heavy atom. The Labute approximate surface area is 105 Å². The van der Waals surface area contributed by atoms with Crippen molar-refractivity contribution in [2.75, 3.05) is 33.7 Å². The lowest BCUT2D eigenvalue weighted by Crippen LogP contribution is -2.30. The van der Waals surface area contributed by atoms with Crippen molar-refractivity contribution in [3.63, 3.8) is 0 Å². The van der Waals surface area contributed by atoms with Crippen molar-refractivity contribution in [2.24, 2.45) is 0 Å². The molecule has 0 aliphatic carbocycles. The minimum Gasteiger partial charge on any atom is -0.476 e. The van der Waals surface area contributed by atoms with Crippen molar-refractivity contribution in [1.29, 1.82) is 0 Å². The van der Waals surface area contributed by atoms with E-state index in [-0.39, 0.29) is 11.7 Å². The van der Waals surface area contributed by atoms with Gasteiger partial charge in [-0.15, -0.1) is 11.3 Å². The third-order valence-electron chi connectivity index (χ3n) is 3.09. The SMILES string of the molecule is CN1CCCN(C)C(c2nc(C(=O)O)cs2)C1. The lowest BCUT2D eigenvalue weighted by atomic mass is 10.2. The van der Waals surface area contributed by atoms with E-state index in [1.807, 2.05) is 0 Å². The highest BCUT2D eigenvalue weighted by Gasteiger charge is 2.25. The molecule has 1 N–H and O–H groups in total. The Balaban J connectivity index is 2.20. The van der Waals surface area contributed by atoms with Crippen LogP contribution in [-0.4, -0.2) is 59.6 Å². The number of carbonyl (C=O) groups is 1. The predicted molar refractivity (Wildman–Crippen MR) is 66.6 cm³/mol. The van der Waals surface area contributed by atoms with Gasteiger partial charge in [-0.1, -0.05) is 0 Å². The van der Waals surface area contributed by atoms with E-state index in [9.17, 15) is 4.79 Å². The molecule has 1 aromatic heterocycles. The third-order valence-corrected chi connectivity index (χ3v) is 4.04. The number of aromatic carboxylic acids is 1. The largest absolute Gasteiger partial charge is 0.476 e. The molecule has 0 radical (unpaired) electrons. The lowest BCUT2D eigenvalue weighted by Gasteiger charge is -2.25. The van der Waals surface area contributed by atoms with Crippen molar-refractivity contribution in [2.45, 2.75) is 12.5 Å². The fourth-order valence-electron chi connectivity index (χ4n) is 2.08. The smallest absolute Gasteiger partial charge is 0.355 e. The minimum absolute atomic E-state index is 0.158. The van der Waals surface area contributed by atoms with Crippen LogP contribution in [0.1, 0.15) is 28.0 Å². The minimum atomic E-state index is -0.947. The van der Waals surface area contributed by atoms with Crippen LogP contribution in [0.4, 0.5) is 0 Å². The topological polar surface area (TPSA) is 56.7 Å². The number of likely N-dealkylation sites (N-methyl/N-ethyl adjacent to an activating group) is 2. The molecule has 1 saturated heterocycles. The van der Waals surface area contributed by atoms with Crippen molar-refractivity contribution < 1.29 is 9.90 Å². The molecule has 1 unspecified atom stereocenters. The van der Waals surface area contributed by atoms with E-state index in [0.717, 1.165) is 31.1 Å². The van der Waals surface area contributed by atoms with Crippen LogP contribution in [0.2, 0.25) is 0 Å². The lowest BCUT2D eigenvalue weighted by molar-refractivity contribution is 0.0690. The molecule has 2 heterocycles. The Kier molecular flexibility index (Phi) is 3.76. The number of hydrogen-bond acceptors (Lipinski definition) is 5. The van der Waals surface area contributed by atoms with E-state index in [4.69, 9.17) is 5.11 Å². The fourth-order valence-corrected chi connectivity index (χ4v) is 3.03. The first-order valence-electron chi connectivity index (χ1n) is 5.65. The van der Waals surface area contributed by atoms with Crippen LogP contribution in [0.25, 0.3) is 0 Å². The molecule has 17 heavy (non-hydrogen) atoms. The molecule has 1 aliphatic rings. The van der Waals surface area contributed by atoms with Gasteiger partial charge in [-0.25, -0.2) is 9.78 Å². The molecule has 0 bridgehead atoms. The molecular formula is C11H17N3O2S. The molecule has 0 amide bonds. The number of rotatable bonds is 2. The van der Waals surface area contributed by atoms with E-state index in [2.05, 4.69) is 28.9 Å². The van der Waals surface area contributed by atoms with Gasteiger partial charge >= 0.3 is 5.97 Å². The van der Waals surface area contributed by atoms with Crippen molar-refractivity contribution in [1.82, 2.24) is 14.8 Å². The van der Waals surface area contributed by atoms with Crippen LogP contribution >= 0.6 is 11.3 Å². The van der Waals surface area contributed by atoms with Gasteiger partial charge in [-0.05, 0) is 33.6 Å². The first-order chi connectivity index (χ1) is 8.08. The van der Waals surface area contributed by atoms with E-state index in [1.165, 1.54) is 11.3 Å². The number of thiazole rings is 1. The molecule has 1 aliphatic heterocycles. The quantitative estimate of drug-likeness (QED) is 0.859. The van der Waals surface area contributed by atoms with Gasteiger partial charge in [0.15, 0.2) is 5.69 Å². The molecule has 6 heteroatoms. The molecule has 94 valence electrons.